The summed E-state index contributed by atoms with van der Waals surface area (Å²) in [6.07, 6.45) is 0. The van der Waals surface area contributed by atoms with E-state index in [0.29, 0.717) is 18.7 Å². The van der Waals surface area contributed by atoms with E-state index in [2.05, 4.69) is 4.98 Å². The van der Waals surface area contributed by atoms with Crippen LogP contribution in [0.4, 0.5) is 4.39 Å². The molecule has 0 aliphatic heterocycles. The molecule has 5 heteroatoms. The van der Waals surface area contributed by atoms with Crippen molar-refractivity contribution in [3.05, 3.63) is 64.7 Å². The van der Waals surface area contributed by atoms with Crippen molar-refractivity contribution in [2.75, 3.05) is 7.05 Å². The van der Waals surface area contributed by atoms with Crippen molar-refractivity contribution >= 4 is 5.97 Å². The lowest BCUT2D eigenvalue weighted by molar-refractivity contribution is 0.0696. The van der Waals surface area contributed by atoms with Gasteiger partial charge in [-0.15, -0.1) is 0 Å². The normalized spacial score (nSPS) is 10.9. The highest BCUT2D eigenvalue weighted by atomic mass is 19.1. The summed E-state index contributed by atoms with van der Waals surface area (Å²) in [6, 6.07) is 9.59. The van der Waals surface area contributed by atoms with Gasteiger partial charge < -0.3 is 5.11 Å². The van der Waals surface area contributed by atoms with Gasteiger partial charge in [0.2, 0.25) is 0 Å². The van der Waals surface area contributed by atoms with Crippen molar-refractivity contribution < 1.29 is 14.3 Å². The van der Waals surface area contributed by atoms with E-state index >= 15 is 0 Å². The molecule has 0 bridgehead atoms. The van der Waals surface area contributed by atoms with Crippen molar-refractivity contribution in [2.45, 2.75) is 20.0 Å². The van der Waals surface area contributed by atoms with E-state index in [9.17, 15) is 9.18 Å². The lowest BCUT2D eigenvalue weighted by Crippen LogP contribution is -2.19. The molecular formula is C16H17FN2O2. The van der Waals surface area contributed by atoms with Crippen LogP contribution in [0.2, 0.25) is 0 Å². The molecule has 1 N–H and O–H groups in total. The molecule has 0 amide bonds. The van der Waals surface area contributed by atoms with Crippen LogP contribution in [0.5, 0.6) is 0 Å². The number of nitrogens with zero attached hydrogens (tertiary/aromatic N) is 2. The summed E-state index contributed by atoms with van der Waals surface area (Å²) in [5.41, 5.74) is 2.28. The minimum Gasteiger partial charge on any atom is -0.478 e. The van der Waals surface area contributed by atoms with Crippen molar-refractivity contribution in [2.24, 2.45) is 0 Å². The topological polar surface area (TPSA) is 53.4 Å². The molecule has 0 atom stereocenters. The number of benzene rings is 1. The number of aromatic carboxylic acids is 1. The number of hydrogen-bond donors (Lipinski definition) is 1. The van der Waals surface area contributed by atoms with E-state index in [1.165, 1.54) is 18.2 Å². The first kappa shape index (κ1) is 15.1. The standard InChI is InChI=1S/C16H17FN2O2/c1-11-4-3-5-14(18-11)10-19(2)9-13-8-12(16(20)21)6-7-15(13)17/h3-8H,9-10H2,1-2H3,(H,20,21). The maximum atomic E-state index is 13.8. The van der Waals surface area contributed by atoms with Crippen LogP contribution in [-0.4, -0.2) is 28.0 Å². The van der Waals surface area contributed by atoms with Gasteiger partial charge in [0.1, 0.15) is 5.82 Å². The average Bonchev–Trinajstić information content (AvgIpc) is 2.41. The molecule has 4 nitrogen and oxygen atoms in total. The molecule has 0 fully saturated rings. The van der Waals surface area contributed by atoms with Crippen LogP contribution in [0, 0.1) is 12.7 Å². The van der Waals surface area contributed by atoms with Gasteiger partial charge in [-0.05, 0) is 44.3 Å². The summed E-state index contributed by atoms with van der Waals surface area (Å²) in [5, 5.41) is 8.95. The fourth-order valence-electron chi connectivity index (χ4n) is 2.14. The molecule has 1 aromatic heterocycles. The van der Waals surface area contributed by atoms with E-state index in [1.54, 1.807) is 0 Å². The summed E-state index contributed by atoms with van der Waals surface area (Å²) < 4.78 is 13.8. The maximum Gasteiger partial charge on any atom is 0.335 e. The van der Waals surface area contributed by atoms with Gasteiger partial charge in [-0.1, -0.05) is 6.07 Å². The van der Waals surface area contributed by atoms with Gasteiger partial charge in [-0.25, -0.2) is 9.18 Å². The molecule has 0 radical (unpaired) electrons. The van der Waals surface area contributed by atoms with E-state index in [1.807, 2.05) is 37.1 Å². The van der Waals surface area contributed by atoms with Crippen LogP contribution in [0.3, 0.4) is 0 Å². The smallest absolute Gasteiger partial charge is 0.335 e. The third kappa shape index (κ3) is 4.10. The lowest BCUT2D eigenvalue weighted by atomic mass is 10.1. The Morgan fingerprint density at radius 3 is 2.71 bits per heavy atom. The predicted octanol–water partition coefficient (Wildman–Crippen LogP) is 2.86. The molecule has 0 spiro atoms. The number of carbonyl (C=O) groups is 1. The Kier molecular flexibility index (Phi) is 4.65. The fraction of sp³-hybridized carbons (Fsp3) is 0.250. The van der Waals surface area contributed by atoms with Gasteiger partial charge in [-0.3, -0.25) is 9.88 Å². The molecule has 1 heterocycles. The Morgan fingerprint density at radius 2 is 2.05 bits per heavy atom. The van der Waals surface area contributed by atoms with Crippen molar-refractivity contribution in [1.82, 2.24) is 9.88 Å². The zero-order valence-corrected chi connectivity index (χ0v) is 12.0. The second-order valence-corrected chi connectivity index (χ2v) is 5.05. The Labute approximate surface area is 122 Å². The molecule has 0 aliphatic carbocycles. The van der Waals surface area contributed by atoms with Gasteiger partial charge in [-0.2, -0.15) is 0 Å². The fourth-order valence-corrected chi connectivity index (χ4v) is 2.14. The van der Waals surface area contributed by atoms with Crippen molar-refractivity contribution in [3.63, 3.8) is 0 Å². The number of pyridine rings is 1. The second kappa shape index (κ2) is 6.45. The van der Waals surface area contributed by atoms with E-state index in [4.69, 9.17) is 5.11 Å². The highest BCUT2D eigenvalue weighted by molar-refractivity contribution is 5.87. The first-order valence-electron chi connectivity index (χ1n) is 6.58. The molecule has 110 valence electrons. The highest BCUT2D eigenvalue weighted by Gasteiger charge is 2.11. The monoisotopic (exact) mass is 288 g/mol. The number of hydrogen-bond acceptors (Lipinski definition) is 3. The van der Waals surface area contributed by atoms with Crippen LogP contribution in [0.25, 0.3) is 0 Å². The van der Waals surface area contributed by atoms with E-state index in [-0.39, 0.29) is 5.56 Å². The Hall–Kier alpha value is -2.27. The quantitative estimate of drug-likeness (QED) is 0.919. The zero-order valence-electron chi connectivity index (χ0n) is 12.0. The van der Waals surface area contributed by atoms with Crippen LogP contribution in [-0.2, 0) is 13.1 Å². The number of aromatic nitrogens is 1. The summed E-state index contributed by atoms with van der Waals surface area (Å²) in [6.45, 7) is 2.81. The Balaban J connectivity index is 2.10. The third-order valence-electron chi connectivity index (χ3n) is 3.11. The molecule has 0 saturated heterocycles. The minimum absolute atomic E-state index is 0.0912. The highest BCUT2D eigenvalue weighted by Crippen LogP contribution is 2.14. The van der Waals surface area contributed by atoms with Gasteiger partial charge in [0.15, 0.2) is 0 Å². The largest absolute Gasteiger partial charge is 0.478 e. The summed E-state index contributed by atoms with van der Waals surface area (Å²) in [7, 11) is 1.84. The van der Waals surface area contributed by atoms with Gasteiger partial charge in [0, 0.05) is 24.3 Å². The van der Waals surface area contributed by atoms with Crippen LogP contribution < -0.4 is 0 Å². The lowest BCUT2D eigenvalue weighted by Gasteiger charge is -2.17. The molecule has 0 unspecified atom stereocenters. The number of rotatable bonds is 5. The zero-order chi connectivity index (χ0) is 15.4. The summed E-state index contributed by atoms with van der Waals surface area (Å²) in [5.74, 6) is -1.46. The van der Waals surface area contributed by atoms with Crippen molar-refractivity contribution in [1.29, 1.82) is 0 Å². The van der Waals surface area contributed by atoms with Crippen molar-refractivity contribution in [3.8, 4) is 0 Å². The third-order valence-corrected chi connectivity index (χ3v) is 3.11. The number of halogens is 1. The average molecular weight is 288 g/mol. The van der Waals surface area contributed by atoms with Gasteiger partial charge >= 0.3 is 5.97 Å². The second-order valence-electron chi connectivity index (χ2n) is 5.05. The SMILES string of the molecule is Cc1cccc(CN(C)Cc2cc(C(=O)O)ccc2F)n1. The first-order chi connectivity index (χ1) is 9.95. The molecule has 0 saturated carbocycles. The van der Waals surface area contributed by atoms with Gasteiger partial charge in [0.25, 0.3) is 0 Å². The van der Waals surface area contributed by atoms with Crippen LogP contribution in [0.1, 0.15) is 27.3 Å². The maximum absolute atomic E-state index is 13.8. The Bertz CT molecular complexity index is 658. The van der Waals surface area contributed by atoms with Gasteiger partial charge in [0.05, 0.1) is 11.3 Å². The summed E-state index contributed by atoms with van der Waals surface area (Å²) in [4.78, 5) is 17.2. The molecule has 0 aliphatic rings. The molecule has 2 aromatic rings. The molecule has 21 heavy (non-hydrogen) atoms. The Morgan fingerprint density at radius 1 is 1.29 bits per heavy atom. The van der Waals surface area contributed by atoms with E-state index < -0.39 is 11.8 Å². The number of carboxylic acid groups (broad SMARTS) is 1. The predicted molar refractivity (Wildman–Crippen MR) is 77.5 cm³/mol. The minimum atomic E-state index is -1.06. The summed E-state index contributed by atoms with van der Waals surface area (Å²) >= 11 is 0. The number of aryl methyl sites for hydroxylation is 1. The van der Waals surface area contributed by atoms with Crippen LogP contribution in [0.15, 0.2) is 36.4 Å². The molecule has 1 aromatic carbocycles. The molecule has 2 rings (SSSR count). The molecular weight excluding hydrogens is 271 g/mol. The van der Waals surface area contributed by atoms with Crippen LogP contribution >= 0.6 is 0 Å². The van der Waals surface area contributed by atoms with E-state index in [0.717, 1.165) is 11.4 Å². The first-order valence-corrected chi connectivity index (χ1v) is 6.58. The number of carboxylic acids is 1.